The molecule has 1 amide bonds. The van der Waals surface area contributed by atoms with Gasteiger partial charge in [-0.3, -0.25) is 9.69 Å². The normalized spacial score (nSPS) is 14.6. The number of pyridine rings is 1. The summed E-state index contributed by atoms with van der Waals surface area (Å²) in [6, 6.07) is 14.4. The maximum Gasteiger partial charge on any atom is 0.254 e. The van der Waals surface area contributed by atoms with Crippen molar-refractivity contribution in [3.05, 3.63) is 83.6 Å². The highest BCUT2D eigenvalue weighted by atomic mass is 32.1. The van der Waals surface area contributed by atoms with E-state index in [2.05, 4.69) is 26.0 Å². The Hall–Kier alpha value is -3.43. The highest BCUT2D eigenvalue weighted by Gasteiger charge is 2.23. The second-order valence-corrected chi connectivity index (χ2v) is 8.73. The van der Waals surface area contributed by atoms with Crippen molar-refractivity contribution in [2.45, 2.75) is 6.54 Å². The lowest BCUT2D eigenvalue weighted by molar-refractivity contribution is 0.0629. The van der Waals surface area contributed by atoms with Crippen LogP contribution in [0.3, 0.4) is 0 Å². The van der Waals surface area contributed by atoms with E-state index >= 15 is 0 Å². The predicted molar refractivity (Wildman–Crippen MR) is 120 cm³/mol. The van der Waals surface area contributed by atoms with Crippen LogP contribution < -0.4 is 0 Å². The van der Waals surface area contributed by atoms with Crippen LogP contribution in [0.15, 0.2) is 67.4 Å². The standard InChI is InChI=1S/C23H21FN6OS/c24-20-4-2-1-3-19(20)21-6-5-18(32-21)14-28-9-11-29(12-10-28)23(31)17-7-8-26-22(13-17)30-16-25-15-27-30/h1-8,13,15-16H,9-12,14H2. The van der Waals surface area contributed by atoms with Gasteiger partial charge in [0.05, 0.1) is 0 Å². The Morgan fingerprint density at radius 3 is 2.69 bits per heavy atom. The first-order valence-corrected chi connectivity index (χ1v) is 11.2. The van der Waals surface area contributed by atoms with Crippen LogP contribution >= 0.6 is 11.3 Å². The molecule has 7 nitrogen and oxygen atoms in total. The lowest BCUT2D eigenvalue weighted by Gasteiger charge is -2.34. The summed E-state index contributed by atoms with van der Waals surface area (Å²) in [5.41, 5.74) is 1.23. The lowest BCUT2D eigenvalue weighted by atomic mass is 10.2. The quantitative estimate of drug-likeness (QED) is 0.468. The fraction of sp³-hybridized carbons (Fsp3) is 0.217. The van der Waals surface area contributed by atoms with Crippen LogP contribution in [-0.2, 0) is 6.54 Å². The minimum atomic E-state index is -0.198. The third-order valence-corrected chi connectivity index (χ3v) is 6.59. The van der Waals surface area contributed by atoms with Crippen LogP contribution in [0.4, 0.5) is 4.39 Å². The average molecular weight is 449 g/mol. The number of nitrogens with zero attached hydrogens (tertiary/aromatic N) is 6. The number of amides is 1. The van der Waals surface area contributed by atoms with E-state index in [-0.39, 0.29) is 11.7 Å². The van der Waals surface area contributed by atoms with Crippen LogP contribution in [0.25, 0.3) is 16.3 Å². The van der Waals surface area contributed by atoms with E-state index in [0.717, 1.165) is 24.5 Å². The third kappa shape index (κ3) is 4.30. The van der Waals surface area contributed by atoms with E-state index in [4.69, 9.17) is 0 Å². The van der Waals surface area contributed by atoms with Crippen molar-refractivity contribution in [2.75, 3.05) is 26.2 Å². The molecule has 0 spiro atoms. The Balaban J connectivity index is 1.19. The number of rotatable bonds is 5. The molecule has 0 unspecified atom stereocenters. The van der Waals surface area contributed by atoms with Crippen molar-refractivity contribution in [3.8, 4) is 16.3 Å². The van der Waals surface area contributed by atoms with Crippen LogP contribution in [-0.4, -0.2) is 61.6 Å². The van der Waals surface area contributed by atoms with Crippen molar-refractivity contribution in [1.82, 2.24) is 29.5 Å². The molecule has 1 aliphatic heterocycles. The molecule has 5 rings (SSSR count). The number of piperazine rings is 1. The molecule has 3 aromatic heterocycles. The summed E-state index contributed by atoms with van der Waals surface area (Å²) in [4.78, 5) is 27.5. The molecule has 0 saturated carbocycles. The zero-order valence-corrected chi connectivity index (χ0v) is 18.1. The van der Waals surface area contributed by atoms with Crippen molar-refractivity contribution in [3.63, 3.8) is 0 Å². The van der Waals surface area contributed by atoms with E-state index in [0.29, 0.717) is 30.0 Å². The molecule has 0 aliphatic carbocycles. The molecule has 1 saturated heterocycles. The second-order valence-electron chi connectivity index (χ2n) is 7.56. The van der Waals surface area contributed by atoms with E-state index in [1.54, 1.807) is 42.1 Å². The SMILES string of the molecule is O=C(c1ccnc(-n2cncn2)c1)N1CCN(Cc2ccc(-c3ccccc3F)s2)CC1. The number of hydrogen-bond acceptors (Lipinski definition) is 6. The van der Waals surface area contributed by atoms with Crippen molar-refractivity contribution >= 4 is 17.2 Å². The highest BCUT2D eigenvalue weighted by molar-refractivity contribution is 7.15. The van der Waals surface area contributed by atoms with Gasteiger partial charge in [0.1, 0.15) is 18.5 Å². The Labute approximate surface area is 188 Å². The molecule has 1 fully saturated rings. The predicted octanol–water partition coefficient (Wildman–Crippen LogP) is 3.49. The van der Waals surface area contributed by atoms with Crippen molar-refractivity contribution in [1.29, 1.82) is 0 Å². The minimum absolute atomic E-state index is 0.00798. The minimum Gasteiger partial charge on any atom is -0.336 e. The average Bonchev–Trinajstić information content (AvgIpc) is 3.52. The van der Waals surface area contributed by atoms with Crippen molar-refractivity contribution < 1.29 is 9.18 Å². The van der Waals surface area contributed by atoms with Gasteiger partial charge in [-0.25, -0.2) is 19.0 Å². The number of thiophene rings is 1. The summed E-state index contributed by atoms with van der Waals surface area (Å²) in [6.07, 6.45) is 4.60. The van der Waals surface area contributed by atoms with Gasteiger partial charge in [0.15, 0.2) is 5.82 Å². The van der Waals surface area contributed by atoms with Crippen molar-refractivity contribution in [2.24, 2.45) is 0 Å². The molecule has 1 aromatic carbocycles. The molecule has 0 bridgehead atoms. The maximum absolute atomic E-state index is 14.1. The molecule has 32 heavy (non-hydrogen) atoms. The molecule has 9 heteroatoms. The molecule has 4 aromatic rings. The van der Waals surface area contributed by atoms with E-state index in [1.807, 2.05) is 23.1 Å². The van der Waals surface area contributed by atoms with Gasteiger partial charge in [-0.2, -0.15) is 5.10 Å². The third-order valence-electron chi connectivity index (χ3n) is 5.49. The summed E-state index contributed by atoms with van der Waals surface area (Å²) in [6.45, 7) is 3.70. The summed E-state index contributed by atoms with van der Waals surface area (Å²) < 4.78 is 15.6. The van der Waals surface area contributed by atoms with Crippen LogP contribution in [0, 0.1) is 5.82 Å². The Morgan fingerprint density at radius 2 is 1.91 bits per heavy atom. The first-order chi connectivity index (χ1) is 15.7. The number of halogens is 1. The smallest absolute Gasteiger partial charge is 0.254 e. The summed E-state index contributed by atoms with van der Waals surface area (Å²) >= 11 is 1.62. The van der Waals surface area contributed by atoms with Crippen LogP contribution in [0.1, 0.15) is 15.2 Å². The molecular weight excluding hydrogens is 427 g/mol. The Kier molecular flexibility index (Phi) is 5.74. The highest BCUT2D eigenvalue weighted by Crippen LogP contribution is 2.30. The van der Waals surface area contributed by atoms with Crippen LogP contribution in [0.5, 0.6) is 0 Å². The molecule has 0 radical (unpaired) electrons. The van der Waals surface area contributed by atoms with Gasteiger partial charge in [-0.05, 0) is 30.3 Å². The fourth-order valence-corrected chi connectivity index (χ4v) is 4.86. The summed E-state index contributed by atoms with van der Waals surface area (Å²) in [7, 11) is 0. The largest absolute Gasteiger partial charge is 0.336 e. The van der Waals surface area contributed by atoms with Gasteiger partial charge in [-0.15, -0.1) is 11.3 Å². The van der Waals surface area contributed by atoms with E-state index < -0.39 is 0 Å². The first-order valence-electron chi connectivity index (χ1n) is 10.3. The number of hydrogen-bond donors (Lipinski definition) is 0. The molecule has 4 heterocycles. The fourth-order valence-electron chi connectivity index (χ4n) is 3.78. The van der Waals surface area contributed by atoms with Gasteiger partial charge in [-0.1, -0.05) is 18.2 Å². The topological polar surface area (TPSA) is 67.2 Å². The molecular formula is C23H21FN6OS. The first kappa shape index (κ1) is 20.5. The summed E-state index contributed by atoms with van der Waals surface area (Å²) in [5.74, 6) is 0.359. The molecule has 0 atom stereocenters. The van der Waals surface area contributed by atoms with Gasteiger partial charge < -0.3 is 4.90 Å². The second kappa shape index (κ2) is 8.97. The maximum atomic E-state index is 14.1. The number of carbonyl (C=O) groups is 1. The van der Waals surface area contributed by atoms with Gasteiger partial charge >= 0.3 is 0 Å². The Morgan fingerprint density at radius 1 is 1.06 bits per heavy atom. The van der Waals surface area contributed by atoms with Gasteiger partial charge in [0.25, 0.3) is 5.91 Å². The number of benzene rings is 1. The molecule has 162 valence electrons. The molecule has 0 N–H and O–H groups in total. The lowest BCUT2D eigenvalue weighted by Crippen LogP contribution is -2.48. The Bertz CT molecular complexity index is 1220. The summed E-state index contributed by atoms with van der Waals surface area (Å²) in [5, 5.41) is 4.07. The van der Waals surface area contributed by atoms with E-state index in [9.17, 15) is 9.18 Å². The van der Waals surface area contributed by atoms with Gasteiger partial charge in [0.2, 0.25) is 0 Å². The zero-order chi connectivity index (χ0) is 21.9. The zero-order valence-electron chi connectivity index (χ0n) is 17.3. The van der Waals surface area contributed by atoms with Gasteiger partial charge in [0, 0.05) is 59.8 Å². The number of carbonyl (C=O) groups excluding carboxylic acids is 1. The monoisotopic (exact) mass is 448 g/mol. The molecule has 1 aliphatic rings. The van der Waals surface area contributed by atoms with E-state index in [1.165, 1.54) is 22.0 Å². The number of aromatic nitrogens is 4. The van der Waals surface area contributed by atoms with Crippen LogP contribution in [0.2, 0.25) is 0 Å².